The van der Waals surface area contributed by atoms with Crippen LogP contribution in [0.2, 0.25) is 0 Å². The van der Waals surface area contributed by atoms with Crippen molar-refractivity contribution in [3.63, 3.8) is 0 Å². The number of ether oxygens (including phenoxy) is 1. The molecular formula is C18H18N2O. The van der Waals surface area contributed by atoms with Gasteiger partial charge in [0.2, 0.25) is 0 Å². The molecule has 0 radical (unpaired) electrons. The van der Waals surface area contributed by atoms with E-state index in [-0.39, 0.29) is 0 Å². The third-order valence-corrected chi connectivity index (χ3v) is 3.43. The van der Waals surface area contributed by atoms with E-state index in [0.717, 1.165) is 23.4 Å². The van der Waals surface area contributed by atoms with Gasteiger partial charge in [-0.25, -0.2) is 0 Å². The highest BCUT2D eigenvalue weighted by atomic mass is 16.5. The Morgan fingerprint density at radius 2 is 1.95 bits per heavy atom. The van der Waals surface area contributed by atoms with E-state index in [4.69, 9.17) is 4.74 Å². The predicted molar refractivity (Wildman–Crippen MR) is 86.7 cm³/mol. The van der Waals surface area contributed by atoms with E-state index in [1.165, 1.54) is 10.9 Å². The van der Waals surface area contributed by atoms with Crippen LogP contribution in [0.5, 0.6) is 5.75 Å². The summed E-state index contributed by atoms with van der Waals surface area (Å²) in [6, 6.07) is 16.4. The van der Waals surface area contributed by atoms with Crippen molar-refractivity contribution in [1.82, 2.24) is 4.98 Å². The summed E-state index contributed by atoms with van der Waals surface area (Å²) in [5.41, 5.74) is 2.27. The van der Waals surface area contributed by atoms with Gasteiger partial charge in [0, 0.05) is 24.3 Å². The second kappa shape index (κ2) is 6.27. The van der Waals surface area contributed by atoms with Crippen molar-refractivity contribution >= 4 is 16.5 Å². The van der Waals surface area contributed by atoms with Crippen LogP contribution in [0.4, 0.5) is 5.69 Å². The van der Waals surface area contributed by atoms with E-state index < -0.39 is 0 Å². The molecule has 0 atom stereocenters. The van der Waals surface area contributed by atoms with Crippen LogP contribution in [0.25, 0.3) is 10.8 Å². The fourth-order valence-electron chi connectivity index (χ4n) is 2.43. The van der Waals surface area contributed by atoms with E-state index in [9.17, 15) is 0 Å². The highest BCUT2D eigenvalue weighted by Gasteiger charge is 2.04. The molecule has 3 rings (SSSR count). The molecule has 3 heteroatoms. The number of fused-ring (bicyclic) bond motifs is 1. The van der Waals surface area contributed by atoms with Gasteiger partial charge in [0.1, 0.15) is 5.75 Å². The zero-order valence-electron chi connectivity index (χ0n) is 12.0. The molecule has 0 saturated heterocycles. The van der Waals surface area contributed by atoms with Crippen LogP contribution in [0.1, 0.15) is 12.5 Å². The minimum absolute atomic E-state index is 0.665. The summed E-state index contributed by atoms with van der Waals surface area (Å²) in [7, 11) is 0. The predicted octanol–water partition coefficient (Wildman–Crippen LogP) is 4.25. The first-order valence-corrected chi connectivity index (χ1v) is 7.16. The second-order valence-corrected chi connectivity index (χ2v) is 4.80. The molecule has 1 N–H and O–H groups in total. The number of anilines is 1. The molecule has 21 heavy (non-hydrogen) atoms. The summed E-state index contributed by atoms with van der Waals surface area (Å²) in [5.74, 6) is 0.891. The molecule has 0 fully saturated rings. The lowest BCUT2D eigenvalue weighted by atomic mass is 10.1. The fraction of sp³-hybridized carbons (Fsp3) is 0.167. The van der Waals surface area contributed by atoms with Gasteiger partial charge >= 0.3 is 0 Å². The Morgan fingerprint density at radius 1 is 1.05 bits per heavy atom. The largest absolute Gasteiger partial charge is 0.492 e. The number of nitrogens with zero attached hydrogens (tertiary/aromatic N) is 1. The third-order valence-electron chi connectivity index (χ3n) is 3.43. The molecule has 0 aliphatic carbocycles. The molecule has 0 aliphatic heterocycles. The lowest BCUT2D eigenvalue weighted by Crippen LogP contribution is -2.03. The first kappa shape index (κ1) is 13.4. The number of para-hydroxylation sites is 2. The summed E-state index contributed by atoms with van der Waals surface area (Å²) in [6.07, 6.45) is 3.73. The molecule has 0 bridgehead atoms. The lowest BCUT2D eigenvalue weighted by molar-refractivity contribution is 0.341. The molecule has 0 saturated carbocycles. The molecule has 0 unspecified atom stereocenters. The van der Waals surface area contributed by atoms with Gasteiger partial charge in [0.25, 0.3) is 0 Å². The van der Waals surface area contributed by atoms with E-state index in [1.54, 1.807) is 0 Å². The smallest absolute Gasteiger partial charge is 0.142 e. The highest BCUT2D eigenvalue weighted by molar-refractivity contribution is 5.85. The monoisotopic (exact) mass is 278 g/mol. The van der Waals surface area contributed by atoms with Crippen LogP contribution in [-0.2, 0) is 6.54 Å². The first-order chi connectivity index (χ1) is 10.4. The van der Waals surface area contributed by atoms with E-state index in [1.807, 2.05) is 43.6 Å². The Hall–Kier alpha value is -2.55. The maximum Gasteiger partial charge on any atom is 0.142 e. The maximum absolute atomic E-state index is 5.64. The SMILES string of the molecule is CCOc1ccccc1NCc1cccc2cnccc12. The first-order valence-electron chi connectivity index (χ1n) is 7.16. The molecule has 0 aliphatic rings. The summed E-state index contributed by atoms with van der Waals surface area (Å²) < 4.78 is 5.64. The Balaban J connectivity index is 1.84. The molecule has 3 aromatic rings. The van der Waals surface area contributed by atoms with Gasteiger partial charge in [-0.3, -0.25) is 4.98 Å². The summed E-state index contributed by atoms with van der Waals surface area (Å²) in [4.78, 5) is 4.17. The van der Waals surface area contributed by atoms with Crippen LogP contribution in [0.3, 0.4) is 0 Å². The van der Waals surface area contributed by atoms with Crippen molar-refractivity contribution < 1.29 is 4.74 Å². The van der Waals surface area contributed by atoms with Gasteiger partial charge in [-0.2, -0.15) is 0 Å². The molecule has 2 aromatic carbocycles. The van der Waals surface area contributed by atoms with Crippen LogP contribution in [0.15, 0.2) is 60.9 Å². The number of nitrogens with one attached hydrogen (secondary N) is 1. The number of aromatic nitrogens is 1. The van der Waals surface area contributed by atoms with Crippen LogP contribution in [0, 0.1) is 0 Å². The number of pyridine rings is 1. The van der Waals surface area contributed by atoms with Crippen LogP contribution >= 0.6 is 0 Å². The van der Waals surface area contributed by atoms with Gasteiger partial charge in [-0.15, -0.1) is 0 Å². The average molecular weight is 278 g/mol. The minimum Gasteiger partial charge on any atom is -0.492 e. The summed E-state index contributed by atoms with van der Waals surface area (Å²) in [6.45, 7) is 3.42. The molecule has 106 valence electrons. The lowest BCUT2D eigenvalue weighted by Gasteiger charge is -2.13. The minimum atomic E-state index is 0.665. The quantitative estimate of drug-likeness (QED) is 0.757. The second-order valence-electron chi connectivity index (χ2n) is 4.80. The molecule has 0 amide bonds. The van der Waals surface area contributed by atoms with Gasteiger partial charge in [-0.1, -0.05) is 30.3 Å². The third kappa shape index (κ3) is 2.97. The number of hydrogen-bond acceptors (Lipinski definition) is 3. The molecule has 3 nitrogen and oxygen atoms in total. The summed E-state index contributed by atoms with van der Waals surface area (Å²) >= 11 is 0. The van der Waals surface area contributed by atoms with Gasteiger partial charge in [0.15, 0.2) is 0 Å². The van der Waals surface area contributed by atoms with Crippen molar-refractivity contribution in [2.24, 2.45) is 0 Å². The number of benzene rings is 2. The Bertz CT molecular complexity index is 735. The standard InChI is InChI=1S/C18H18N2O/c1-2-21-18-9-4-3-8-17(18)20-13-15-7-5-6-14-12-19-11-10-16(14)15/h3-12,20H,2,13H2,1H3. The van der Waals surface area contributed by atoms with Gasteiger partial charge in [0.05, 0.1) is 12.3 Å². The summed E-state index contributed by atoms with van der Waals surface area (Å²) in [5, 5.41) is 5.85. The number of hydrogen-bond donors (Lipinski definition) is 1. The van der Waals surface area contributed by atoms with E-state index in [0.29, 0.717) is 6.61 Å². The van der Waals surface area contributed by atoms with Crippen molar-refractivity contribution in [3.8, 4) is 5.75 Å². The highest BCUT2D eigenvalue weighted by Crippen LogP contribution is 2.25. The Morgan fingerprint density at radius 3 is 2.86 bits per heavy atom. The Kier molecular flexibility index (Phi) is 4.01. The van der Waals surface area contributed by atoms with Crippen molar-refractivity contribution in [3.05, 3.63) is 66.5 Å². The van der Waals surface area contributed by atoms with Crippen molar-refractivity contribution in [2.75, 3.05) is 11.9 Å². The van der Waals surface area contributed by atoms with Crippen LogP contribution < -0.4 is 10.1 Å². The molecule has 1 aromatic heterocycles. The van der Waals surface area contributed by atoms with E-state index in [2.05, 4.69) is 34.6 Å². The van der Waals surface area contributed by atoms with Gasteiger partial charge < -0.3 is 10.1 Å². The zero-order valence-corrected chi connectivity index (χ0v) is 12.0. The fourth-order valence-corrected chi connectivity index (χ4v) is 2.43. The average Bonchev–Trinajstić information content (AvgIpc) is 2.54. The number of rotatable bonds is 5. The van der Waals surface area contributed by atoms with Crippen LogP contribution in [-0.4, -0.2) is 11.6 Å². The zero-order chi connectivity index (χ0) is 14.5. The van der Waals surface area contributed by atoms with Crippen molar-refractivity contribution in [1.29, 1.82) is 0 Å². The topological polar surface area (TPSA) is 34.1 Å². The van der Waals surface area contributed by atoms with Gasteiger partial charge in [-0.05, 0) is 36.1 Å². The normalized spacial score (nSPS) is 10.5. The maximum atomic E-state index is 5.64. The Labute approximate surface area is 124 Å². The van der Waals surface area contributed by atoms with Crippen molar-refractivity contribution in [2.45, 2.75) is 13.5 Å². The molecule has 0 spiro atoms. The van der Waals surface area contributed by atoms with E-state index >= 15 is 0 Å². The molecular weight excluding hydrogens is 260 g/mol. The molecule has 1 heterocycles.